The van der Waals surface area contributed by atoms with Gasteiger partial charge in [0, 0.05) is 6.04 Å². The van der Waals surface area contributed by atoms with E-state index in [2.05, 4.69) is 51.2 Å². The van der Waals surface area contributed by atoms with Gasteiger partial charge in [-0.1, -0.05) is 44.9 Å². The summed E-state index contributed by atoms with van der Waals surface area (Å²) in [5.41, 5.74) is 3.76. The molecule has 4 bridgehead atoms. The predicted octanol–water partition coefficient (Wildman–Crippen LogP) is 5.63. The minimum absolute atomic E-state index is 0.0947. The van der Waals surface area contributed by atoms with E-state index in [0.717, 1.165) is 32.1 Å². The lowest BCUT2D eigenvalue weighted by atomic mass is 9.43. The molecule has 0 heterocycles. The van der Waals surface area contributed by atoms with Crippen molar-refractivity contribution in [3.8, 4) is 0 Å². The van der Waals surface area contributed by atoms with Crippen molar-refractivity contribution < 1.29 is 14.3 Å². The minimum Gasteiger partial charge on any atom is -0.455 e. The van der Waals surface area contributed by atoms with Gasteiger partial charge in [-0.3, -0.25) is 9.59 Å². The molecule has 5 aliphatic rings. The summed E-state index contributed by atoms with van der Waals surface area (Å²) >= 11 is 0. The Kier molecular flexibility index (Phi) is 5.86. The number of aryl methyl sites for hydroxylation is 2. The van der Waals surface area contributed by atoms with Gasteiger partial charge in [-0.05, 0) is 105 Å². The molecule has 4 nitrogen and oxygen atoms in total. The monoisotopic (exact) mass is 451 g/mol. The van der Waals surface area contributed by atoms with Crippen LogP contribution in [0.25, 0.3) is 0 Å². The highest BCUT2D eigenvalue weighted by Crippen LogP contribution is 2.66. The normalized spacial score (nSPS) is 39.3. The number of hydrogen-bond donors (Lipinski definition) is 1. The maximum absolute atomic E-state index is 13.5. The van der Waals surface area contributed by atoms with E-state index in [9.17, 15) is 9.59 Å². The molecule has 1 aromatic carbocycles. The van der Waals surface area contributed by atoms with Crippen molar-refractivity contribution in [2.75, 3.05) is 6.61 Å². The molecule has 5 fully saturated rings. The van der Waals surface area contributed by atoms with E-state index in [4.69, 9.17) is 4.74 Å². The van der Waals surface area contributed by atoms with E-state index in [0.29, 0.717) is 23.7 Å². The van der Waals surface area contributed by atoms with Crippen LogP contribution in [-0.2, 0) is 19.7 Å². The standard InChI is InChI=1S/C29H41NO3/c1-18-8-9-24(10-20(18)3)28-12-22-11-23(13-28)15-29(14-22,17-28)27(32)33-16-26(31)30-25-7-5-6-19(2)21(25)4/h8-10,19,21-23,25H,5-7,11-17H2,1-4H3,(H,30,31)/t19-,21+,22-,23-,25-,28?,29?/m1/s1. The summed E-state index contributed by atoms with van der Waals surface area (Å²) < 4.78 is 5.77. The van der Waals surface area contributed by atoms with Crippen molar-refractivity contribution in [1.82, 2.24) is 5.32 Å². The van der Waals surface area contributed by atoms with Gasteiger partial charge in [0.1, 0.15) is 0 Å². The first kappa shape index (κ1) is 22.9. The van der Waals surface area contributed by atoms with Crippen molar-refractivity contribution in [2.24, 2.45) is 29.1 Å². The van der Waals surface area contributed by atoms with Crippen molar-refractivity contribution in [2.45, 2.75) is 96.9 Å². The first-order chi connectivity index (χ1) is 15.7. The summed E-state index contributed by atoms with van der Waals surface area (Å²) in [6, 6.07) is 7.11. The Morgan fingerprint density at radius 2 is 1.76 bits per heavy atom. The molecule has 1 amide bonds. The van der Waals surface area contributed by atoms with Gasteiger partial charge in [-0.2, -0.15) is 0 Å². The molecule has 0 spiro atoms. The average molecular weight is 452 g/mol. The predicted molar refractivity (Wildman–Crippen MR) is 130 cm³/mol. The Hall–Kier alpha value is -1.84. The first-order valence-corrected chi connectivity index (χ1v) is 13.2. The summed E-state index contributed by atoms with van der Waals surface area (Å²) in [7, 11) is 0. The molecule has 0 aromatic heterocycles. The van der Waals surface area contributed by atoms with Crippen molar-refractivity contribution in [3.05, 3.63) is 34.9 Å². The fourth-order valence-corrected chi connectivity index (χ4v) is 8.23. The molecule has 0 aliphatic heterocycles. The molecule has 0 radical (unpaired) electrons. The Balaban J connectivity index is 1.27. The summed E-state index contributed by atoms with van der Waals surface area (Å²) in [4.78, 5) is 26.2. The zero-order chi connectivity index (χ0) is 23.4. The molecule has 4 heteroatoms. The van der Waals surface area contributed by atoms with Crippen LogP contribution in [0.2, 0.25) is 0 Å². The molecule has 5 atom stereocenters. The van der Waals surface area contributed by atoms with Crippen molar-refractivity contribution in [3.63, 3.8) is 0 Å². The first-order valence-electron chi connectivity index (χ1n) is 13.2. The number of carbonyl (C=O) groups is 2. The van der Waals surface area contributed by atoms with Gasteiger partial charge in [0.05, 0.1) is 5.41 Å². The number of nitrogens with one attached hydrogen (secondary N) is 1. The quantitative estimate of drug-likeness (QED) is 0.591. The lowest BCUT2D eigenvalue weighted by Gasteiger charge is -2.61. The number of rotatable bonds is 5. The molecular weight excluding hydrogens is 410 g/mol. The largest absolute Gasteiger partial charge is 0.455 e. The fraction of sp³-hybridized carbons (Fsp3) is 0.724. The third-order valence-corrected chi connectivity index (χ3v) is 10.0. The lowest BCUT2D eigenvalue weighted by molar-refractivity contribution is -0.175. The molecule has 5 saturated carbocycles. The number of carbonyl (C=O) groups excluding carboxylic acids is 2. The van der Waals surface area contributed by atoms with E-state index >= 15 is 0 Å². The van der Waals surface area contributed by atoms with Crippen LogP contribution < -0.4 is 5.32 Å². The summed E-state index contributed by atoms with van der Waals surface area (Å²) in [5.74, 6) is 2.03. The second-order valence-electron chi connectivity index (χ2n) is 12.3. The van der Waals surface area contributed by atoms with Crippen molar-refractivity contribution in [1.29, 1.82) is 0 Å². The third kappa shape index (κ3) is 4.12. The van der Waals surface area contributed by atoms with Crippen LogP contribution in [0.15, 0.2) is 18.2 Å². The molecule has 0 saturated heterocycles. The van der Waals surface area contributed by atoms with E-state index in [1.54, 1.807) is 0 Å². The van der Waals surface area contributed by atoms with Gasteiger partial charge in [0.2, 0.25) is 0 Å². The molecule has 33 heavy (non-hydrogen) atoms. The van der Waals surface area contributed by atoms with Crippen LogP contribution in [0.3, 0.4) is 0 Å². The van der Waals surface area contributed by atoms with E-state index in [1.165, 1.54) is 42.4 Å². The van der Waals surface area contributed by atoms with Crippen LogP contribution in [0, 0.1) is 42.9 Å². The van der Waals surface area contributed by atoms with Gasteiger partial charge < -0.3 is 10.1 Å². The number of hydrogen-bond acceptors (Lipinski definition) is 3. The number of benzene rings is 1. The van der Waals surface area contributed by atoms with Crippen LogP contribution in [-0.4, -0.2) is 24.5 Å². The van der Waals surface area contributed by atoms with E-state index in [1.807, 2.05) is 0 Å². The Morgan fingerprint density at radius 3 is 2.45 bits per heavy atom. The Bertz CT molecular complexity index is 923. The van der Waals surface area contributed by atoms with Gasteiger partial charge in [0.25, 0.3) is 5.91 Å². The zero-order valence-corrected chi connectivity index (χ0v) is 20.9. The van der Waals surface area contributed by atoms with Crippen LogP contribution >= 0.6 is 0 Å². The molecular formula is C29H41NO3. The fourth-order valence-electron chi connectivity index (χ4n) is 8.23. The van der Waals surface area contributed by atoms with Crippen molar-refractivity contribution >= 4 is 11.9 Å². The van der Waals surface area contributed by atoms with Crippen LogP contribution in [0.1, 0.15) is 88.3 Å². The molecule has 5 aliphatic carbocycles. The average Bonchev–Trinajstić information content (AvgIpc) is 2.76. The van der Waals surface area contributed by atoms with Gasteiger partial charge in [0.15, 0.2) is 6.61 Å². The second kappa shape index (κ2) is 8.43. The molecule has 1 aromatic rings. The highest BCUT2D eigenvalue weighted by Gasteiger charge is 2.61. The summed E-state index contributed by atoms with van der Waals surface area (Å²) in [5, 5.41) is 3.16. The highest BCUT2D eigenvalue weighted by atomic mass is 16.5. The van der Waals surface area contributed by atoms with E-state index in [-0.39, 0.29) is 29.9 Å². The Morgan fingerprint density at radius 1 is 1.03 bits per heavy atom. The van der Waals surface area contributed by atoms with Crippen LogP contribution in [0.4, 0.5) is 0 Å². The van der Waals surface area contributed by atoms with Gasteiger partial charge in [-0.25, -0.2) is 0 Å². The molecule has 6 rings (SSSR count). The minimum atomic E-state index is -0.407. The molecule has 0 unspecified atom stereocenters. The summed E-state index contributed by atoms with van der Waals surface area (Å²) in [6.07, 6.45) is 9.81. The smallest absolute Gasteiger partial charge is 0.312 e. The third-order valence-electron chi connectivity index (χ3n) is 10.0. The lowest BCUT2D eigenvalue weighted by Crippen LogP contribution is -2.57. The topological polar surface area (TPSA) is 55.4 Å². The number of esters is 1. The van der Waals surface area contributed by atoms with Gasteiger partial charge >= 0.3 is 5.97 Å². The molecule has 180 valence electrons. The van der Waals surface area contributed by atoms with E-state index < -0.39 is 5.41 Å². The zero-order valence-electron chi connectivity index (χ0n) is 20.9. The summed E-state index contributed by atoms with van der Waals surface area (Å²) in [6.45, 7) is 8.71. The highest BCUT2D eigenvalue weighted by molar-refractivity contribution is 5.83. The van der Waals surface area contributed by atoms with Gasteiger partial charge in [-0.15, -0.1) is 0 Å². The maximum atomic E-state index is 13.5. The Labute approximate surface area is 199 Å². The number of ether oxygens (including phenoxy) is 1. The maximum Gasteiger partial charge on any atom is 0.312 e. The second-order valence-corrected chi connectivity index (χ2v) is 12.3. The van der Waals surface area contributed by atoms with Crippen LogP contribution in [0.5, 0.6) is 0 Å². The number of amides is 1. The molecule has 1 N–H and O–H groups in total. The SMILES string of the molecule is Cc1ccc(C23C[C@H]4C[C@@H](CC(C(=O)OCC(=O)N[C@@H]5CCC[C@@H](C)[C@@H]5C)(C4)C2)C3)cc1C.